The van der Waals surface area contributed by atoms with Gasteiger partial charge in [-0.2, -0.15) is 0 Å². The molecule has 132 valence electrons. The standard InChI is InChI=1S/C16H27BrN2O3S/c1-11(20)9-19(15(21)22-16(3,4)5)7-6-18-12(2)14-8-13(17)10-23-14/h8,10-12,18,20H,6-7,9H2,1-5H3. The minimum absolute atomic E-state index is 0.207. The molecule has 0 bridgehead atoms. The van der Waals surface area contributed by atoms with Crippen LogP contribution in [0.5, 0.6) is 0 Å². The zero-order valence-corrected chi connectivity index (χ0v) is 16.8. The van der Waals surface area contributed by atoms with E-state index in [4.69, 9.17) is 4.74 Å². The summed E-state index contributed by atoms with van der Waals surface area (Å²) in [5.74, 6) is 0. The van der Waals surface area contributed by atoms with E-state index in [9.17, 15) is 9.90 Å². The monoisotopic (exact) mass is 406 g/mol. The van der Waals surface area contributed by atoms with Crippen LogP contribution in [0.3, 0.4) is 0 Å². The van der Waals surface area contributed by atoms with Gasteiger partial charge in [-0.15, -0.1) is 11.3 Å². The molecule has 1 heterocycles. The highest BCUT2D eigenvalue weighted by Gasteiger charge is 2.23. The smallest absolute Gasteiger partial charge is 0.410 e. The minimum Gasteiger partial charge on any atom is -0.444 e. The lowest BCUT2D eigenvalue weighted by Gasteiger charge is -2.28. The number of hydrogen-bond acceptors (Lipinski definition) is 5. The molecule has 0 spiro atoms. The van der Waals surface area contributed by atoms with Crippen LogP contribution in [-0.2, 0) is 4.74 Å². The number of aliphatic hydroxyl groups is 1. The lowest BCUT2D eigenvalue weighted by Crippen LogP contribution is -2.43. The Labute approximate surface area is 151 Å². The molecule has 0 radical (unpaired) electrons. The van der Waals surface area contributed by atoms with Crippen molar-refractivity contribution < 1.29 is 14.6 Å². The van der Waals surface area contributed by atoms with Crippen LogP contribution in [0.25, 0.3) is 0 Å². The molecule has 1 rings (SSSR count). The number of halogens is 1. The Morgan fingerprint density at radius 2 is 2.13 bits per heavy atom. The summed E-state index contributed by atoms with van der Waals surface area (Å²) < 4.78 is 6.47. The van der Waals surface area contributed by atoms with E-state index in [0.717, 1.165) is 4.47 Å². The summed E-state index contributed by atoms with van der Waals surface area (Å²) in [5.41, 5.74) is -0.544. The highest BCUT2D eigenvalue weighted by atomic mass is 79.9. The van der Waals surface area contributed by atoms with Gasteiger partial charge in [0.1, 0.15) is 5.60 Å². The first-order valence-electron chi connectivity index (χ1n) is 7.72. The number of hydrogen-bond donors (Lipinski definition) is 2. The number of rotatable bonds is 7. The molecule has 0 aromatic carbocycles. The van der Waals surface area contributed by atoms with Crippen molar-refractivity contribution in [3.05, 3.63) is 20.8 Å². The molecule has 0 aliphatic carbocycles. The fourth-order valence-electron chi connectivity index (χ4n) is 1.97. The predicted octanol–water partition coefficient (Wildman–Crippen LogP) is 3.78. The third-order valence-corrected chi connectivity index (χ3v) is 4.86. The summed E-state index contributed by atoms with van der Waals surface area (Å²) in [7, 11) is 0. The molecule has 23 heavy (non-hydrogen) atoms. The van der Waals surface area contributed by atoms with Crippen LogP contribution < -0.4 is 5.32 Å². The van der Waals surface area contributed by atoms with Crippen LogP contribution in [0, 0.1) is 0 Å². The van der Waals surface area contributed by atoms with Crippen LogP contribution in [0.15, 0.2) is 15.9 Å². The second-order valence-corrected chi connectivity index (χ2v) is 8.48. The zero-order chi connectivity index (χ0) is 17.6. The molecule has 0 saturated heterocycles. The van der Waals surface area contributed by atoms with Gasteiger partial charge in [0.25, 0.3) is 0 Å². The average Bonchev–Trinajstić information content (AvgIpc) is 2.81. The number of aliphatic hydroxyl groups excluding tert-OH is 1. The van der Waals surface area contributed by atoms with Gasteiger partial charge in [0, 0.05) is 40.4 Å². The number of nitrogens with zero attached hydrogens (tertiary/aromatic N) is 1. The summed E-state index contributed by atoms with van der Waals surface area (Å²) in [6, 6.07) is 2.29. The number of nitrogens with one attached hydrogen (secondary N) is 1. The zero-order valence-electron chi connectivity index (χ0n) is 14.4. The molecular weight excluding hydrogens is 380 g/mol. The Bertz CT molecular complexity index is 500. The van der Waals surface area contributed by atoms with Gasteiger partial charge in [0.2, 0.25) is 0 Å². The van der Waals surface area contributed by atoms with Gasteiger partial charge in [-0.1, -0.05) is 0 Å². The predicted molar refractivity (Wildman–Crippen MR) is 97.9 cm³/mol. The molecule has 7 heteroatoms. The molecule has 1 amide bonds. The number of ether oxygens (including phenoxy) is 1. The summed E-state index contributed by atoms with van der Waals surface area (Å²) >= 11 is 5.14. The van der Waals surface area contributed by atoms with E-state index in [1.807, 2.05) is 26.2 Å². The first-order valence-corrected chi connectivity index (χ1v) is 9.39. The van der Waals surface area contributed by atoms with Crippen LogP contribution in [-0.4, -0.2) is 47.4 Å². The van der Waals surface area contributed by atoms with Crippen molar-refractivity contribution in [1.29, 1.82) is 0 Å². The molecule has 1 aromatic rings. The van der Waals surface area contributed by atoms with E-state index in [1.54, 1.807) is 23.2 Å². The van der Waals surface area contributed by atoms with Crippen LogP contribution >= 0.6 is 27.3 Å². The fourth-order valence-corrected chi connectivity index (χ4v) is 3.45. The largest absolute Gasteiger partial charge is 0.444 e. The molecular formula is C16H27BrN2O3S. The Morgan fingerprint density at radius 1 is 1.48 bits per heavy atom. The Hall–Kier alpha value is -0.630. The van der Waals surface area contributed by atoms with Gasteiger partial charge >= 0.3 is 6.09 Å². The van der Waals surface area contributed by atoms with E-state index < -0.39 is 17.8 Å². The molecule has 0 aliphatic heterocycles. The second kappa shape index (κ2) is 9.01. The normalized spacial score (nSPS) is 14.4. The number of amides is 1. The van der Waals surface area contributed by atoms with Gasteiger partial charge in [-0.25, -0.2) is 4.79 Å². The topological polar surface area (TPSA) is 61.8 Å². The summed E-state index contributed by atoms with van der Waals surface area (Å²) in [6.45, 7) is 10.6. The van der Waals surface area contributed by atoms with E-state index in [1.165, 1.54) is 4.88 Å². The highest BCUT2D eigenvalue weighted by molar-refractivity contribution is 9.10. The highest BCUT2D eigenvalue weighted by Crippen LogP contribution is 2.25. The quantitative estimate of drug-likeness (QED) is 0.722. The van der Waals surface area contributed by atoms with Crippen LogP contribution in [0.4, 0.5) is 4.79 Å². The van der Waals surface area contributed by atoms with Crippen LogP contribution in [0.1, 0.15) is 45.5 Å². The van der Waals surface area contributed by atoms with Crippen molar-refractivity contribution in [2.75, 3.05) is 19.6 Å². The first kappa shape index (κ1) is 20.4. The molecule has 0 saturated carbocycles. The second-order valence-electron chi connectivity index (χ2n) is 6.62. The Kier molecular flexibility index (Phi) is 8.00. The SMILES string of the molecule is CC(O)CN(CCNC(C)c1cc(Br)cs1)C(=O)OC(C)(C)C. The van der Waals surface area contributed by atoms with E-state index >= 15 is 0 Å². The molecule has 2 unspecified atom stereocenters. The van der Waals surface area contributed by atoms with Gasteiger partial charge in [0.05, 0.1) is 6.10 Å². The average molecular weight is 407 g/mol. The number of carbonyl (C=O) groups is 1. The van der Waals surface area contributed by atoms with Crippen molar-refractivity contribution >= 4 is 33.4 Å². The van der Waals surface area contributed by atoms with E-state index in [2.05, 4.69) is 34.2 Å². The summed E-state index contributed by atoms with van der Waals surface area (Å²) in [6.07, 6.45) is -0.986. The lowest BCUT2D eigenvalue weighted by molar-refractivity contribution is 0.0163. The lowest BCUT2D eigenvalue weighted by atomic mass is 10.2. The van der Waals surface area contributed by atoms with Crippen LogP contribution in [0.2, 0.25) is 0 Å². The Balaban J connectivity index is 2.52. The molecule has 2 N–H and O–H groups in total. The maximum Gasteiger partial charge on any atom is 0.410 e. The van der Waals surface area contributed by atoms with E-state index in [0.29, 0.717) is 13.1 Å². The van der Waals surface area contributed by atoms with Crippen molar-refractivity contribution in [3.8, 4) is 0 Å². The van der Waals surface area contributed by atoms with Gasteiger partial charge in [0.15, 0.2) is 0 Å². The molecule has 1 aromatic heterocycles. The Morgan fingerprint density at radius 3 is 2.61 bits per heavy atom. The van der Waals surface area contributed by atoms with Gasteiger partial charge < -0.3 is 20.1 Å². The maximum absolute atomic E-state index is 12.2. The third kappa shape index (κ3) is 8.15. The van der Waals surface area contributed by atoms with Gasteiger partial charge in [-0.05, 0) is 56.6 Å². The molecule has 0 fully saturated rings. The maximum atomic E-state index is 12.2. The first-order chi connectivity index (χ1) is 10.6. The van der Waals surface area contributed by atoms with Crippen molar-refractivity contribution in [3.63, 3.8) is 0 Å². The number of thiophene rings is 1. The van der Waals surface area contributed by atoms with Gasteiger partial charge in [-0.3, -0.25) is 0 Å². The van der Waals surface area contributed by atoms with Crippen molar-refractivity contribution in [2.45, 2.75) is 52.4 Å². The fraction of sp³-hybridized carbons (Fsp3) is 0.688. The minimum atomic E-state index is -0.590. The number of carbonyl (C=O) groups excluding carboxylic acids is 1. The van der Waals surface area contributed by atoms with E-state index in [-0.39, 0.29) is 12.6 Å². The molecule has 0 aliphatic rings. The third-order valence-electron chi connectivity index (χ3n) is 2.98. The van der Waals surface area contributed by atoms with Crippen molar-refractivity contribution in [1.82, 2.24) is 10.2 Å². The molecule has 2 atom stereocenters. The van der Waals surface area contributed by atoms with Crippen molar-refractivity contribution in [2.24, 2.45) is 0 Å². The summed E-state index contributed by atoms with van der Waals surface area (Å²) in [4.78, 5) is 15.0. The molecule has 5 nitrogen and oxygen atoms in total. The summed E-state index contributed by atoms with van der Waals surface area (Å²) in [5, 5.41) is 15.0.